The Balaban J connectivity index is 1.54. The second kappa shape index (κ2) is 7.95. The molecule has 1 amide bonds. The Hall–Kier alpha value is -3.13. The monoisotopic (exact) mass is 414 g/mol. The van der Waals surface area contributed by atoms with Gasteiger partial charge in [-0.3, -0.25) is 9.69 Å². The van der Waals surface area contributed by atoms with Gasteiger partial charge in [0.15, 0.2) is 0 Å². The van der Waals surface area contributed by atoms with Gasteiger partial charge in [0.1, 0.15) is 6.04 Å². The predicted octanol–water partition coefficient (Wildman–Crippen LogP) is 3.87. The van der Waals surface area contributed by atoms with Crippen LogP contribution in [0.5, 0.6) is 0 Å². The molecule has 0 radical (unpaired) electrons. The maximum Gasteiger partial charge on any atom is 0.416 e. The molecular weight excluding hydrogens is 393 g/mol. The van der Waals surface area contributed by atoms with Gasteiger partial charge < -0.3 is 5.32 Å². The van der Waals surface area contributed by atoms with Gasteiger partial charge in [-0.25, -0.2) is 4.68 Å². The van der Waals surface area contributed by atoms with Crippen molar-refractivity contribution in [3.05, 3.63) is 83.2 Å². The van der Waals surface area contributed by atoms with Gasteiger partial charge in [0.2, 0.25) is 5.91 Å². The summed E-state index contributed by atoms with van der Waals surface area (Å²) in [4.78, 5) is 14.7. The van der Waals surface area contributed by atoms with Crippen molar-refractivity contribution in [2.45, 2.75) is 25.7 Å². The van der Waals surface area contributed by atoms with Gasteiger partial charge in [0.25, 0.3) is 0 Å². The van der Waals surface area contributed by atoms with Gasteiger partial charge in [-0.2, -0.15) is 18.3 Å². The number of carbonyl (C=O) groups excluding carboxylic acids is 1. The van der Waals surface area contributed by atoms with Crippen molar-refractivity contribution >= 4 is 5.91 Å². The first-order chi connectivity index (χ1) is 14.3. The number of benzene rings is 2. The van der Waals surface area contributed by atoms with Gasteiger partial charge in [0, 0.05) is 31.4 Å². The van der Waals surface area contributed by atoms with E-state index in [0.717, 1.165) is 28.8 Å². The Labute approximate surface area is 172 Å². The Kier molecular flexibility index (Phi) is 5.34. The third kappa shape index (κ3) is 4.23. The largest absolute Gasteiger partial charge is 0.416 e. The summed E-state index contributed by atoms with van der Waals surface area (Å²) in [5, 5.41) is 7.20. The highest BCUT2D eigenvalue weighted by Gasteiger charge is 2.32. The molecule has 1 atom stereocenters. The molecule has 5 nitrogen and oxygen atoms in total. The van der Waals surface area contributed by atoms with Crippen LogP contribution in [0.15, 0.2) is 60.9 Å². The van der Waals surface area contributed by atoms with Crippen LogP contribution >= 0.6 is 0 Å². The third-order valence-corrected chi connectivity index (χ3v) is 5.15. The lowest BCUT2D eigenvalue weighted by Crippen LogP contribution is -2.49. The number of carbonyl (C=O) groups is 1. The minimum absolute atomic E-state index is 0.0398. The smallest absolute Gasteiger partial charge is 0.353 e. The molecule has 4 rings (SSSR count). The topological polar surface area (TPSA) is 50.2 Å². The van der Waals surface area contributed by atoms with Gasteiger partial charge in [0.05, 0.1) is 17.4 Å². The lowest BCUT2D eigenvalue weighted by atomic mass is 10.00. The van der Waals surface area contributed by atoms with Crippen molar-refractivity contribution in [1.29, 1.82) is 0 Å². The molecule has 30 heavy (non-hydrogen) atoms. The number of hydrogen-bond acceptors (Lipinski definition) is 3. The summed E-state index contributed by atoms with van der Waals surface area (Å²) in [5.74, 6) is -0.0398. The number of aromatic nitrogens is 2. The molecule has 1 saturated heterocycles. The van der Waals surface area contributed by atoms with E-state index >= 15 is 0 Å². The van der Waals surface area contributed by atoms with E-state index in [1.165, 1.54) is 12.1 Å². The zero-order chi connectivity index (χ0) is 21.3. The number of aryl methyl sites for hydroxylation is 1. The zero-order valence-corrected chi connectivity index (χ0v) is 16.4. The van der Waals surface area contributed by atoms with E-state index in [9.17, 15) is 18.0 Å². The standard InChI is InChI=1S/C22H21F3N4O/c1-15-3-2-4-17(11-15)20-21(30)26-9-10-28(20)13-16-12-27-29(14-16)19-7-5-18(6-8-19)22(23,24)25/h2-8,11-12,14,20H,9-10,13H2,1H3,(H,26,30). The molecule has 1 unspecified atom stereocenters. The van der Waals surface area contributed by atoms with Gasteiger partial charge in [-0.15, -0.1) is 0 Å². The van der Waals surface area contributed by atoms with Crippen LogP contribution in [0.4, 0.5) is 13.2 Å². The number of nitrogens with one attached hydrogen (secondary N) is 1. The fourth-order valence-electron chi connectivity index (χ4n) is 3.71. The normalized spacial score (nSPS) is 17.7. The van der Waals surface area contributed by atoms with Crippen LogP contribution in [0.1, 0.15) is 28.3 Å². The van der Waals surface area contributed by atoms with Crippen molar-refractivity contribution in [1.82, 2.24) is 20.0 Å². The Bertz CT molecular complexity index is 1040. The fraction of sp³-hybridized carbons (Fsp3) is 0.273. The van der Waals surface area contributed by atoms with Crippen LogP contribution in [0, 0.1) is 6.92 Å². The van der Waals surface area contributed by atoms with Crippen molar-refractivity contribution in [2.75, 3.05) is 13.1 Å². The molecule has 156 valence electrons. The predicted molar refractivity (Wildman–Crippen MR) is 106 cm³/mol. The minimum atomic E-state index is -4.37. The highest BCUT2D eigenvalue weighted by molar-refractivity contribution is 5.84. The highest BCUT2D eigenvalue weighted by atomic mass is 19.4. The maximum absolute atomic E-state index is 12.8. The molecule has 1 aliphatic rings. The van der Waals surface area contributed by atoms with Crippen molar-refractivity contribution in [3.63, 3.8) is 0 Å². The van der Waals surface area contributed by atoms with Crippen molar-refractivity contribution in [2.24, 2.45) is 0 Å². The first-order valence-electron chi connectivity index (χ1n) is 9.61. The molecule has 0 saturated carbocycles. The molecule has 8 heteroatoms. The number of amides is 1. The zero-order valence-electron chi connectivity index (χ0n) is 16.4. The molecule has 1 aromatic heterocycles. The van der Waals surface area contributed by atoms with E-state index in [2.05, 4.69) is 15.3 Å². The summed E-state index contributed by atoms with van der Waals surface area (Å²) in [5.41, 5.74) is 2.74. The molecule has 1 aliphatic heterocycles. The van der Waals surface area contributed by atoms with Crippen LogP contribution in [0.25, 0.3) is 5.69 Å². The van der Waals surface area contributed by atoms with E-state index in [1.54, 1.807) is 17.1 Å². The number of piperazine rings is 1. The van der Waals surface area contributed by atoms with Crippen LogP contribution in [-0.2, 0) is 17.5 Å². The molecule has 1 fully saturated rings. The third-order valence-electron chi connectivity index (χ3n) is 5.15. The number of nitrogens with zero attached hydrogens (tertiary/aromatic N) is 3. The molecular formula is C22H21F3N4O. The number of halogens is 3. The highest BCUT2D eigenvalue weighted by Crippen LogP contribution is 2.30. The summed E-state index contributed by atoms with van der Waals surface area (Å²) >= 11 is 0. The fourth-order valence-corrected chi connectivity index (χ4v) is 3.71. The van der Waals surface area contributed by atoms with Gasteiger partial charge in [-0.05, 0) is 36.8 Å². The van der Waals surface area contributed by atoms with Crippen molar-refractivity contribution in [3.8, 4) is 5.69 Å². The second-order valence-electron chi connectivity index (χ2n) is 7.42. The van der Waals surface area contributed by atoms with E-state index in [4.69, 9.17) is 0 Å². The molecule has 0 spiro atoms. The molecule has 1 N–H and O–H groups in total. The Morgan fingerprint density at radius 1 is 1.17 bits per heavy atom. The summed E-state index contributed by atoms with van der Waals surface area (Å²) in [7, 11) is 0. The maximum atomic E-state index is 12.8. The molecule has 2 heterocycles. The molecule has 0 bridgehead atoms. The number of hydrogen-bond donors (Lipinski definition) is 1. The molecule has 3 aromatic rings. The number of alkyl halides is 3. The van der Waals surface area contributed by atoms with E-state index in [0.29, 0.717) is 25.3 Å². The average Bonchev–Trinajstić information content (AvgIpc) is 3.16. The summed E-state index contributed by atoms with van der Waals surface area (Å²) in [6.45, 7) is 3.75. The first-order valence-corrected chi connectivity index (χ1v) is 9.61. The number of rotatable bonds is 4. The van der Waals surface area contributed by atoms with Crippen LogP contribution in [0.3, 0.4) is 0 Å². The van der Waals surface area contributed by atoms with Crippen LogP contribution < -0.4 is 5.32 Å². The minimum Gasteiger partial charge on any atom is -0.353 e. The average molecular weight is 414 g/mol. The lowest BCUT2D eigenvalue weighted by Gasteiger charge is -2.35. The van der Waals surface area contributed by atoms with Gasteiger partial charge >= 0.3 is 6.18 Å². The van der Waals surface area contributed by atoms with Crippen LogP contribution in [0.2, 0.25) is 0 Å². The Morgan fingerprint density at radius 3 is 2.63 bits per heavy atom. The van der Waals surface area contributed by atoms with E-state index in [-0.39, 0.29) is 5.91 Å². The molecule has 2 aromatic carbocycles. The second-order valence-corrected chi connectivity index (χ2v) is 7.42. The lowest BCUT2D eigenvalue weighted by molar-refractivity contribution is -0.137. The first kappa shape index (κ1) is 20.2. The quantitative estimate of drug-likeness (QED) is 0.705. The van der Waals surface area contributed by atoms with E-state index < -0.39 is 17.8 Å². The van der Waals surface area contributed by atoms with Crippen molar-refractivity contribution < 1.29 is 18.0 Å². The SMILES string of the molecule is Cc1cccc(C2C(=O)NCCN2Cc2cnn(-c3ccc(C(F)(F)F)cc3)c2)c1. The molecule has 0 aliphatic carbocycles. The Morgan fingerprint density at radius 2 is 1.93 bits per heavy atom. The van der Waals surface area contributed by atoms with Crippen LogP contribution in [-0.4, -0.2) is 33.7 Å². The van der Waals surface area contributed by atoms with Gasteiger partial charge in [-0.1, -0.05) is 29.8 Å². The summed E-state index contributed by atoms with van der Waals surface area (Å²) < 4.78 is 39.8. The summed E-state index contributed by atoms with van der Waals surface area (Å²) in [6, 6.07) is 12.4. The summed E-state index contributed by atoms with van der Waals surface area (Å²) in [6.07, 6.45) is -0.909. The van der Waals surface area contributed by atoms with E-state index in [1.807, 2.05) is 31.2 Å².